The lowest BCUT2D eigenvalue weighted by molar-refractivity contribution is -0.117. The highest BCUT2D eigenvalue weighted by atomic mass is 16.1. The Morgan fingerprint density at radius 3 is 2.78 bits per heavy atom. The normalized spacial score (nSPS) is 6.56. The van der Waals surface area contributed by atoms with E-state index < -0.39 is 0 Å². The van der Waals surface area contributed by atoms with Crippen molar-refractivity contribution in [2.75, 3.05) is 0 Å². The summed E-state index contributed by atoms with van der Waals surface area (Å²) < 4.78 is 0. The lowest BCUT2D eigenvalue weighted by atomic mass is 10.3. The molecule has 2 nitrogen and oxygen atoms in total. The maximum absolute atomic E-state index is 10.1. The van der Waals surface area contributed by atoms with E-state index in [4.69, 9.17) is 12.2 Å². The number of carbonyl (C=O) groups excluding carboxylic acids is 1. The minimum Gasteiger partial charge on any atom is -0.370 e. The Balaban J connectivity index is 3.33. The topological polar surface area (TPSA) is 43.1 Å². The van der Waals surface area contributed by atoms with E-state index in [0.717, 1.165) is 0 Å². The molecular weight excluding hydrogens is 114 g/mol. The molecule has 0 bridgehead atoms. The summed E-state index contributed by atoms with van der Waals surface area (Å²) in [5.41, 5.74) is 4.82. The molecule has 9 heavy (non-hydrogen) atoms. The zero-order valence-corrected chi connectivity index (χ0v) is 4.98. The molecule has 0 heterocycles. The van der Waals surface area contributed by atoms with E-state index in [1.807, 2.05) is 0 Å². The molecule has 0 fully saturated rings. The van der Waals surface area contributed by atoms with Gasteiger partial charge >= 0.3 is 0 Å². The van der Waals surface area contributed by atoms with Gasteiger partial charge in [0.05, 0.1) is 0 Å². The minimum atomic E-state index is -0.346. The number of hydrogen-bond acceptors (Lipinski definition) is 1. The molecule has 46 valence electrons. The van der Waals surface area contributed by atoms with Gasteiger partial charge in [0.15, 0.2) is 0 Å². The van der Waals surface area contributed by atoms with Crippen LogP contribution in [0.3, 0.4) is 0 Å². The fourth-order valence-electron chi connectivity index (χ4n) is 0.299. The smallest absolute Gasteiger partial charge is 0.218 e. The van der Waals surface area contributed by atoms with Gasteiger partial charge in [-0.2, -0.15) is 0 Å². The molecule has 0 unspecified atom stereocenters. The lowest BCUT2D eigenvalue weighted by Crippen LogP contribution is -2.08. The summed E-state index contributed by atoms with van der Waals surface area (Å²) in [7, 11) is 0. The molecule has 1 amide bonds. The third-order valence-corrected chi connectivity index (χ3v) is 0.657. The molecule has 0 saturated heterocycles. The molecule has 2 heteroatoms. The van der Waals surface area contributed by atoms with Crippen LogP contribution in [-0.2, 0) is 4.79 Å². The number of carbonyl (C=O) groups is 1. The van der Waals surface area contributed by atoms with E-state index in [2.05, 4.69) is 17.8 Å². The summed E-state index contributed by atoms with van der Waals surface area (Å²) >= 11 is 0. The van der Waals surface area contributed by atoms with Crippen molar-refractivity contribution in [2.24, 2.45) is 5.73 Å². The summed E-state index contributed by atoms with van der Waals surface area (Å²) in [5.74, 6) is 6.74. The van der Waals surface area contributed by atoms with Crippen LogP contribution in [0.2, 0.25) is 0 Å². The highest BCUT2D eigenvalue weighted by molar-refractivity contribution is 5.73. The zero-order valence-electron chi connectivity index (χ0n) is 4.98. The van der Waals surface area contributed by atoms with Gasteiger partial charge in [0.1, 0.15) is 0 Å². The molecule has 0 aliphatic carbocycles. The van der Waals surface area contributed by atoms with Crippen LogP contribution in [0.4, 0.5) is 0 Å². The third kappa shape index (κ3) is 6.59. The zero-order chi connectivity index (χ0) is 7.11. The number of nitrogens with two attached hydrogens (primary N) is 1. The molecule has 0 radical (unpaired) electrons. The average molecular weight is 121 g/mol. The number of amides is 1. The highest BCUT2D eigenvalue weighted by Gasteiger charge is 1.87. The van der Waals surface area contributed by atoms with Gasteiger partial charge in [0, 0.05) is 12.8 Å². The molecule has 0 atom stereocenters. The van der Waals surface area contributed by atoms with Crippen molar-refractivity contribution in [3.63, 3.8) is 0 Å². The van der Waals surface area contributed by atoms with Gasteiger partial charge in [-0.1, -0.05) is 5.92 Å². The number of rotatable bonds is 2. The van der Waals surface area contributed by atoms with Crippen LogP contribution in [0, 0.1) is 24.2 Å². The summed E-state index contributed by atoms with van der Waals surface area (Å²) in [5, 5.41) is 0. The Labute approximate surface area is 54.4 Å². The van der Waals surface area contributed by atoms with Gasteiger partial charge in [-0.15, -0.1) is 6.42 Å². The third-order valence-electron chi connectivity index (χ3n) is 0.657. The highest BCUT2D eigenvalue weighted by Crippen LogP contribution is 1.81. The van der Waals surface area contributed by atoms with E-state index in [9.17, 15) is 4.79 Å². The number of hydrogen-bond donors (Lipinski definition) is 1. The summed E-state index contributed by atoms with van der Waals surface area (Å²) in [6.07, 6.45) is 5.55. The van der Waals surface area contributed by atoms with Crippen LogP contribution in [-0.4, -0.2) is 5.91 Å². The molecule has 0 saturated carbocycles. The molecule has 0 aromatic rings. The number of primary amides is 1. The Kier molecular flexibility index (Phi) is 4.00. The van der Waals surface area contributed by atoms with Crippen LogP contribution >= 0.6 is 0 Å². The predicted octanol–water partition coefficient (Wildman–Crippen LogP) is -0.112. The van der Waals surface area contributed by atoms with Crippen LogP contribution in [0.15, 0.2) is 0 Å². The second-order valence-corrected chi connectivity index (χ2v) is 1.41. The van der Waals surface area contributed by atoms with Crippen molar-refractivity contribution in [3.05, 3.63) is 0 Å². The number of terminal acetylenes is 1. The van der Waals surface area contributed by atoms with Gasteiger partial charge in [-0.05, 0) is 11.8 Å². The fraction of sp³-hybridized carbons (Fsp3) is 0.286. The second kappa shape index (κ2) is 4.74. The molecule has 2 N–H and O–H groups in total. The molecule has 0 rings (SSSR count). The van der Waals surface area contributed by atoms with Crippen molar-refractivity contribution < 1.29 is 4.79 Å². The van der Waals surface area contributed by atoms with Gasteiger partial charge in [0.2, 0.25) is 5.91 Å². The van der Waals surface area contributed by atoms with Crippen molar-refractivity contribution in [1.82, 2.24) is 0 Å². The lowest BCUT2D eigenvalue weighted by Gasteiger charge is -1.82. The quantitative estimate of drug-likeness (QED) is 0.509. The van der Waals surface area contributed by atoms with Crippen molar-refractivity contribution in [3.8, 4) is 24.2 Å². The van der Waals surface area contributed by atoms with Gasteiger partial charge < -0.3 is 5.73 Å². The van der Waals surface area contributed by atoms with E-state index in [1.165, 1.54) is 0 Å². The van der Waals surface area contributed by atoms with Crippen molar-refractivity contribution >= 4 is 5.91 Å². The predicted molar refractivity (Wildman–Crippen MR) is 35.0 cm³/mol. The maximum atomic E-state index is 10.1. The maximum Gasteiger partial charge on any atom is 0.218 e. The van der Waals surface area contributed by atoms with Gasteiger partial charge in [-0.3, -0.25) is 4.79 Å². The summed E-state index contributed by atoms with van der Waals surface area (Å²) in [4.78, 5) is 10.1. The Morgan fingerprint density at radius 1 is 1.67 bits per heavy atom. The van der Waals surface area contributed by atoms with Crippen molar-refractivity contribution in [1.29, 1.82) is 0 Å². The second-order valence-electron chi connectivity index (χ2n) is 1.41. The Morgan fingerprint density at radius 2 is 2.33 bits per heavy atom. The standard InChI is InChI=1S/C7H7NO/c1-2-3-4-5-6-7(8)9/h1H,5-6H2,(H2,8,9). The van der Waals surface area contributed by atoms with E-state index in [0.29, 0.717) is 6.42 Å². The molecule has 0 aliphatic heterocycles. The molecule has 0 aromatic heterocycles. The van der Waals surface area contributed by atoms with Crippen molar-refractivity contribution in [2.45, 2.75) is 12.8 Å². The first-order chi connectivity index (χ1) is 4.27. The van der Waals surface area contributed by atoms with Crippen LogP contribution in [0.5, 0.6) is 0 Å². The summed E-state index contributed by atoms with van der Waals surface area (Å²) in [6, 6.07) is 0. The first-order valence-electron chi connectivity index (χ1n) is 2.49. The van der Waals surface area contributed by atoms with Gasteiger partial charge in [0.25, 0.3) is 0 Å². The monoisotopic (exact) mass is 121 g/mol. The summed E-state index contributed by atoms with van der Waals surface area (Å²) in [6.45, 7) is 0. The molecule has 0 aliphatic rings. The molecule has 0 aromatic carbocycles. The largest absolute Gasteiger partial charge is 0.370 e. The van der Waals surface area contributed by atoms with Crippen LogP contribution in [0.1, 0.15) is 12.8 Å². The Hall–Kier alpha value is -1.41. The first kappa shape index (κ1) is 7.59. The minimum absolute atomic E-state index is 0.286. The van der Waals surface area contributed by atoms with Crippen LogP contribution < -0.4 is 5.73 Å². The molecule has 0 spiro atoms. The SMILES string of the molecule is C#CC#CCCC(N)=O. The first-order valence-corrected chi connectivity index (χ1v) is 2.49. The average Bonchev–Trinajstić information content (AvgIpc) is 1.80. The van der Waals surface area contributed by atoms with E-state index in [1.54, 1.807) is 0 Å². The van der Waals surface area contributed by atoms with E-state index >= 15 is 0 Å². The molecular formula is C7H7NO. The fourth-order valence-corrected chi connectivity index (χ4v) is 0.299. The Bertz CT molecular complexity index is 189. The van der Waals surface area contributed by atoms with Gasteiger partial charge in [-0.25, -0.2) is 0 Å². The van der Waals surface area contributed by atoms with E-state index in [-0.39, 0.29) is 12.3 Å². The van der Waals surface area contributed by atoms with Crippen LogP contribution in [0.25, 0.3) is 0 Å².